The van der Waals surface area contributed by atoms with Crippen LogP contribution in [0.2, 0.25) is 0 Å². The first-order valence-corrected chi connectivity index (χ1v) is 6.45. The molecule has 0 spiro atoms. The predicted molar refractivity (Wildman–Crippen MR) is 75.5 cm³/mol. The Morgan fingerprint density at radius 2 is 2.00 bits per heavy atom. The zero-order valence-corrected chi connectivity index (χ0v) is 11.5. The van der Waals surface area contributed by atoms with E-state index in [0.29, 0.717) is 11.4 Å². The van der Waals surface area contributed by atoms with Gasteiger partial charge in [-0.1, -0.05) is 18.2 Å². The van der Waals surface area contributed by atoms with Gasteiger partial charge in [0.25, 0.3) is 0 Å². The van der Waals surface area contributed by atoms with Crippen LogP contribution in [-0.4, -0.2) is 23.2 Å². The van der Waals surface area contributed by atoms with Crippen molar-refractivity contribution in [3.05, 3.63) is 53.7 Å². The molecule has 2 N–H and O–H groups in total. The molecule has 0 aliphatic carbocycles. The molecule has 4 nitrogen and oxygen atoms in total. The van der Waals surface area contributed by atoms with E-state index in [1.54, 1.807) is 18.2 Å². The highest BCUT2D eigenvalue weighted by atomic mass is 19.3. The number of ether oxygens (including phenoxy) is 1. The van der Waals surface area contributed by atoms with Crippen molar-refractivity contribution in [3.8, 4) is 5.75 Å². The van der Waals surface area contributed by atoms with E-state index in [1.165, 1.54) is 12.1 Å². The Labute approximate surface area is 121 Å². The summed E-state index contributed by atoms with van der Waals surface area (Å²) >= 11 is 0. The summed E-state index contributed by atoms with van der Waals surface area (Å²) in [6, 6.07) is 11.5. The minimum atomic E-state index is -2.88. The van der Waals surface area contributed by atoms with Crippen molar-refractivity contribution in [2.24, 2.45) is 0 Å². The van der Waals surface area contributed by atoms with Crippen LogP contribution in [0, 0.1) is 6.92 Å². The minimum absolute atomic E-state index is 0.0234. The SMILES string of the molecule is Cc1cccc(NCC(O)c2cccc(OC(F)F)c2)n1. The van der Waals surface area contributed by atoms with Crippen molar-refractivity contribution >= 4 is 5.82 Å². The molecule has 1 aromatic carbocycles. The number of alkyl halides is 2. The summed E-state index contributed by atoms with van der Waals surface area (Å²) in [5.74, 6) is 0.671. The molecule has 1 unspecified atom stereocenters. The normalized spacial score (nSPS) is 12.2. The van der Waals surface area contributed by atoms with Gasteiger partial charge in [0, 0.05) is 12.2 Å². The van der Waals surface area contributed by atoms with Crippen LogP contribution >= 0.6 is 0 Å². The van der Waals surface area contributed by atoms with E-state index in [-0.39, 0.29) is 12.3 Å². The minimum Gasteiger partial charge on any atom is -0.435 e. The molecular weight excluding hydrogens is 278 g/mol. The lowest BCUT2D eigenvalue weighted by atomic mass is 10.1. The van der Waals surface area contributed by atoms with Crippen LogP contribution in [0.25, 0.3) is 0 Å². The fraction of sp³-hybridized carbons (Fsp3) is 0.267. The Morgan fingerprint density at radius 3 is 2.71 bits per heavy atom. The highest BCUT2D eigenvalue weighted by Crippen LogP contribution is 2.21. The molecule has 0 saturated carbocycles. The van der Waals surface area contributed by atoms with Crippen LogP contribution in [-0.2, 0) is 0 Å². The Kier molecular flexibility index (Phi) is 5.05. The van der Waals surface area contributed by atoms with Crippen molar-refractivity contribution < 1.29 is 18.6 Å². The van der Waals surface area contributed by atoms with Crippen LogP contribution in [0.15, 0.2) is 42.5 Å². The second-order valence-electron chi connectivity index (χ2n) is 4.51. The molecule has 0 bridgehead atoms. The quantitative estimate of drug-likeness (QED) is 0.859. The van der Waals surface area contributed by atoms with Crippen molar-refractivity contribution in [2.45, 2.75) is 19.6 Å². The highest BCUT2D eigenvalue weighted by Gasteiger charge is 2.10. The van der Waals surface area contributed by atoms with Gasteiger partial charge in [-0.15, -0.1) is 0 Å². The number of rotatable bonds is 6. The fourth-order valence-electron chi connectivity index (χ4n) is 1.86. The molecule has 0 aliphatic rings. The number of aromatic nitrogens is 1. The molecule has 2 rings (SSSR count). The molecule has 1 heterocycles. The van der Waals surface area contributed by atoms with Gasteiger partial charge in [0.2, 0.25) is 0 Å². The summed E-state index contributed by atoms with van der Waals surface area (Å²) in [6.45, 7) is -0.798. The van der Waals surface area contributed by atoms with E-state index in [2.05, 4.69) is 15.0 Å². The number of benzene rings is 1. The second kappa shape index (κ2) is 6.99. The van der Waals surface area contributed by atoms with Crippen LogP contribution < -0.4 is 10.1 Å². The third-order valence-corrected chi connectivity index (χ3v) is 2.83. The van der Waals surface area contributed by atoms with Gasteiger partial charge in [0.1, 0.15) is 11.6 Å². The maximum Gasteiger partial charge on any atom is 0.387 e. The van der Waals surface area contributed by atoms with E-state index in [9.17, 15) is 13.9 Å². The molecule has 0 radical (unpaired) electrons. The molecule has 2 aromatic rings. The fourth-order valence-corrected chi connectivity index (χ4v) is 1.86. The number of aliphatic hydroxyl groups excluding tert-OH is 1. The average molecular weight is 294 g/mol. The summed E-state index contributed by atoms with van der Waals surface area (Å²) in [4.78, 5) is 4.25. The smallest absolute Gasteiger partial charge is 0.387 e. The number of halogens is 2. The first-order chi connectivity index (χ1) is 10.0. The number of nitrogens with zero attached hydrogens (tertiary/aromatic N) is 1. The standard InChI is InChI=1S/C15H16F2N2O2/c1-10-4-2-7-14(19-10)18-9-13(20)11-5-3-6-12(8-11)21-15(16)17/h2-8,13,15,20H,9H2,1H3,(H,18,19). The molecule has 0 fully saturated rings. The van der Waals surface area contributed by atoms with Gasteiger partial charge >= 0.3 is 6.61 Å². The number of anilines is 1. The number of nitrogens with one attached hydrogen (secondary N) is 1. The zero-order chi connectivity index (χ0) is 15.2. The molecular formula is C15H16F2N2O2. The molecule has 0 amide bonds. The van der Waals surface area contributed by atoms with E-state index < -0.39 is 12.7 Å². The van der Waals surface area contributed by atoms with Gasteiger partial charge in [-0.05, 0) is 36.8 Å². The maximum atomic E-state index is 12.2. The van der Waals surface area contributed by atoms with Gasteiger partial charge in [-0.25, -0.2) is 4.98 Å². The zero-order valence-electron chi connectivity index (χ0n) is 11.5. The van der Waals surface area contributed by atoms with E-state index in [1.807, 2.05) is 19.1 Å². The summed E-state index contributed by atoms with van der Waals surface area (Å²) in [6.07, 6.45) is -0.853. The monoisotopic (exact) mass is 294 g/mol. The summed E-state index contributed by atoms with van der Waals surface area (Å²) in [5.41, 5.74) is 1.36. The topological polar surface area (TPSA) is 54.4 Å². The van der Waals surface area contributed by atoms with E-state index in [0.717, 1.165) is 5.69 Å². The summed E-state index contributed by atoms with van der Waals surface area (Å²) in [7, 11) is 0. The number of aryl methyl sites for hydroxylation is 1. The molecule has 0 saturated heterocycles. The van der Waals surface area contributed by atoms with Gasteiger partial charge in [-0.3, -0.25) is 0 Å². The number of aliphatic hydroxyl groups is 1. The van der Waals surface area contributed by atoms with Crippen LogP contribution in [0.1, 0.15) is 17.4 Å². The lowest BCUT2D eigenvalue weighted by Crippen LogP contribution is -2.13. The van der Waals surface area contributed by atoms with E-state index in [4.69, 9.17) is 0 Å². The Hall–Kier alpha value is -2.21. The van der Waals surface area contributed by atoms with Gasteiger partial charge in [-0.2, -0.15) is 8.78 Å². The third-order valence-electron chi connectivity index (χ3n) is 2.83. The summed E-state index contributed by atoms with van der Waals surface area (Å²) in [5, 5.41) is 13.1. The molecule has 6 heteroatoms. The van der Waals surface area contributed by atoms with Crippen molar-refractivity contribution in [3.63, 3.8) is 0 Å². The highest BCUT2D eigenvalue weighted by molar-refractivity contribution is 5.36. The molecule has 21 heavy (non-hydrogen) atoms. The summed E-state index contributed by atoms with van der Waals surface area (Å²) < 4.78 is 28.6. The molecule has 1 aromatic heterocycles. The van der Waals surface area contributed by atoms with Crippen LogP contribution in [0.3, 0.4) is 0 Å². The van der Waals surface area contributed by atoms with Gasteiger partial charge in [0.15, 0.2) is 0 Å². The van der Waals surface area contributed by atoms with Crippen molar-refractivity contribution in [2.75, 3.05) is 11.9 Å². The molecule has 112 valence electrons. The number of hydrogen-bond donors (Lipinski definition) is 2. The first kappa shape index (κ1) is 15.2. The number of hydrogen-bond acceptors (Lipinski definition) is 4. The largest absolute Gasteiger partial charge is 0.435 e. The van der Waals surface area contributed by atoms with Gasteiger partial charge in [0.05, 0.1) is 6.10 Å². The third kappa shape index (κ3) is 4.68. The first-order valence-electron chi connectivity index (χ1n) is 6.45. The van der Waals surface area contributed by atoms with Crippen molar-refractivity contribution in [1.29, 1.82) is 0 Å². The lowest BCUT2D eigenvalue weighted by Gasteiger charge is -2.14. The molecule has 0 aliphatic heterocycles. The van der Waals surface area contributed by atoms with Gasteiger partial charge < -0.3 is 15.2 Å². The Balaban J connectivity index is 1.98. The average Bonchev–Trinajstić information content (AvgIpc) is 2.44. The number of pyridine rings is 1. The molecule has 1 atom stereocenters. The second-order valence-corrected chi connectivity index (χ2v) is 4.51. The maximum absolute atomic E-state index is 12.2. The van der Waals surface area contributed by atoms with Crippen LogP contribution in [0.4, 0.5) is 14.6 Å². The lowest BCUT2D eigenvalue weighted by molar-refractivity contribution is -0.0499. The van der Waals surface area contributed by atoms with Crippen LogP contribution in [0.5, 0.6) is 5.75 Å². The predicted octanol–water partition coefficient (Wildman–Crippen LogP) is 3.14. The Morgan fingerprint density at radius 1 is 1.24 bits per heavy atom. The van der Waals surface area contributed by atoms with E-state index >= 15 is 0 Å². The van der Waals surface area contributed by atoms with Crippen molar-refractivity contribution in [1.82, 2.24) is 4.98 Å². The Bertz CT molecular complexity index is 593.